The van der Waals surface area contributed by atoms with Gasteiger partial charge < -0.3 is 5.32 Å². The van der Waals surface area contributed by atoms with Crippen molar-refractivity contribution in [1.82, 2.24) is 9.62 Å². The first kappa shape index (κ1) is 26.6. The number of benzene rings is 1. The van der Waals surface area contributed by atoms with Crippen molar-refractivity contribution in [2.24, 2.45) is 0 Å². The normalized spacial score (nSPS) is 21.4. The molecular weight excluding hydrogens is 396 g/mol. The van der Waals surface area contributed by atoms with Gasteiger partial charge in [-0.1, -0.05) is 83.7 Å². The van der Waals surface area contributed by atoms with Crippen LogP contribution in [0.4, 0.5) is 0 Å². The molecule has 2 aliphatic rings. The van der Waals surface area contributed by atoms with Gasteiger partial charge in [0.05, 0.1) is 11.7 Å². The number of rotatable bonds is 6. The highest BCUT2D eigenvalue weighted by Crippen LogP contribution is 2.25. The maximum atomic E-state index is 13.0. The Bertz CT molecular complexity index is 713. The molecule has 1 saturated heterocycles. The van der Waals surface area contributed by atoms with E-state index >= 15 is 0 Å². The maximum absolute atomic E-state index is 13.0. The standard InChI is InChI=1S/C22H33N2O3S.2CH2/c25-22(20-13-7-2-1-3-8-14-20)23-17-21-15-9-10-16-24(21)28(26,27)18-19-11-5-4-6-12-19;;/h4-6,11-12,21H,1-3,7-10,13-18H2,(H,23,25);2*1H2. The van der Waals surface area contributed by atoms with Crippen LogP contribution in [0.15, 0.2) is 30.3 Å². The molecule has 2 fully saturated rings. The number of amides is 1. The van der Waals surface area contributed by atoms with Crippen LogP contribution < -0.4 is 5.32 Å². The molecule has 1 heterocycles. The zero-order valence-corrected chi connectivity index (χ0v) is 19.0. The minimum atomic E-state index is -3.39. The van der Waals surface area contributed by atoms with Gasteiger partial charge in [0.1, 0.15) is 0 Å². The molecule has 1 unspecified atom stereocenters. The monoisotopic (exact) mass is 433 g/mol. The quantitative estimate of drug-likeness (QED) is 0.720. The van der Waals surface area contributed by atoms with Crippen molar-refractivity contribution in [2.75, 3.05) is 13.1 Å². The van der Waals surface area contributed by atoms with Crippen molar-refractivity contribution < 1.29 is 13.2 Å². The second-order valence-corrected chi connectivity index (χ2v) is 10.0. The first-order chi connectivity index (χ1) is 13.6. The smallest absolute Gasteiger partial charge is 0.227 e. The molecule has 1 N–H and O–H groups in total. The van der Waals surface area contributed by atoms with E-state index in [-0.39, 0.29) is 32.6 Å². The molecule has 1 saturated carbocycles. The van der Waals surface area contributed by atoms with Gasteiger partial charge in [0.25, 0.3) is 0 Å². The Labute approximate surface area is 184 Å². The molecule has 3 rings (SSSR count). The molecule has 0 bridgehead atoms. The highest BCUT2D eigenvalue weighted by Gasteiger charge is 2.33. The van der Waals surface area contributed by atoms with Crippen LogP contribution in [0.3, 0.4) is 0 Å². The number of carbonyl (C=O) groups excluding carboxylic acids is 1. The zero-order chi connectivity index (χ0) is 19.8. The van der Waals surface area contributed by atoms with Gasteiger partial charge in [-0.05, 0) is 31.2 Å². The fourth-order valence-corrected chi connectivity index (χ4v) is 6.13. The Balaban J connectivity index is 0.00000225. The fraction of sp³-hybridized carbons (Fsp3) is 0.583. The van der Waals surface area contributed by atoms with Gasteiger partial charge in [-0.2, -0.15) is 4.31 Å². The van der Waals surface area contributed by atoms with E-state index in [0.29, 0.717) is 13.1 Å². The van der Waals surface area contributed by atoms with Crippen LogP contribution >= 0.6 is 0 Å². The number of nitrogens with zero attached hydrogens (tertiary/aromatic N) is 1. The SMILES string of the molecule is O=C(NCC1CCCCN1S(=O)(=O)Cc1ccccc1)[C]1CCCCCCC1.[CH2].[CH2]. The summed E-state index contributed by atoms with van der Waals surface area (Å²) >= 11 is 0. The van der Waals surface area contributed by atoms with E-state index in [4.69, 9.17) is 0 Å². The Kier molecular flexibility index (Phi) is 11.6. The zero-order valence-electron chi connectivity index (χ0n) is 18.2. The lowest BCUT2D eigenvalue weighted by atomic mass is 9.90. The topological polar surface area (TPSA) is 66.5 Å². The second-order valence-electron chi connectivity index (χ2n) is 8.08. The van der Waals surface area contributed by atoms with Crippen molar-refractivity contribution >= 4 is 15.9 Å². The minimum absolute atomic E-state index is 0. The molecule has 30 heavy (non-hydrogen) atoms. The van der Waals surface area contributed by atoms with Crippen molar-refractivity contribution in [3.63, 3.8) is 0 Å². The van der Waals surface area contributed by atoms with Gasteiger partial charge in [-0.15, -0.1) is 0 Å². The predicted octanol–water partition coefficient (Wildman–Crippen LogP) is 4.46. The van der Waals surface area contributed by atoms with E-state index in [1.165, 1.54) is 19.3 Å². The molecule has 1 aromatic carbocycles. The van der Waals surface area contributed by atoms with E-state index in [1.54, 1.807) is 4.31 Å². The van der Waals surface area contributed by atoms with Crippen LogP contribution in [-0.4, -0.2) is 37.8 Å². The van der Waals surface area contributed by atoms with Crippen molar-refractivity contribution in [1.29, 1.82) is 0 Å². The molecule has 1 atom stereocenters. The predicted molar refractivity (Wildman–Crippen MR) is 123 cm³/mol. The van der Waals surface area contributed by atoms with E-state index < -0.39 is 10.0 Å². The van der Waals surface area contributed by atoms with Crippen LogP contribution in [0.1, 0.15) is 69.8 Å². The average Bonchev–Trinajstić information content (AvgIpc) is 2.66. The summed E-state index contributed by atoms with van der Waals surface area (Å²) in [4.78, 5) is 12.6. The molecule has 5 nitrogen and oxygen atoms in total. The first-order valence-electron chi connectivity index (χ1n) is 10.7. The first-order valence-corrected chi connectivity index (χ1v) is 12.3. The Morgan fingerprint density at radius 2 is 1.57 bits per heavy atom. The molecule has 167 valence electrons. The summed E-state index contributed by atoms with van der Waals surface area (Å²) in [5, 5.41) is 3.05. The third kappa shape index (κ3) is 7.69. The summed E-state index contributed by atoms with van der Waals surface area (Å²) < 4.78 is 27.6. The third-order valence-electron chi connectivity index (χ3n) is 5.90. The lowest BCUT2D eigenvalue weighted by molar-refractivity contribution is -0.120. The molecule has 1 aliphatic heterocycles. The highest BCUT2D eigenvalue weighted by atomic mass is 32.2. The lowest BCUT2D eigenvalue weighted by Gasteiger charge is -2.35. The average molecular weight is 434 g/mol. The van der Waals surface area contributed by atoms with Crippen LogP contribution in [0.2, 0.25) is 0 Å². The van der Waals surface area contributed by atoms with Crippen LogP contribution in [-0.2, 0) is 20.6 Å². The van der Waals surface area contributed by atoms with E-state index in [9.17, 15) is 13.2 Å². The fourth-order valence-electron chi connectivity index (χ4n) is 4.31. The van der Waals surface area contributed by atoms with Gasteiger partial charge in [-0.3, -0.25) is 4.79 Å². The number of piperidine rings is 1. The summed E-state index contributed by atoms with van der Waals surface area (Å²) in [6.07, 6.45) is 10.3. The lowest BCUT2D eigenvalue weighted by Crippen LogP contribution is -2.50. The van der Waals surface area contributed by atoms with Crippen LogP contribution in [0.5, 0.6) is 0 Å². The molecule has 5 radical (unpaired) electrons. The number of hydrogen-bond acceptors (Lipinski definition) is 3. The summed E-state index contributed by atoms with van der Waals surface area (Å²) in [5.41, 5.74) is 0.806. The number of sulfonamides is 1. The molecule has 6 heteroatoms. The molecular formula is C24H37N2O3S. The van der Waals surface area contributed by atoms with Crippen molar-refractivity contribution in [3.8, 4) is 0 Å². The molecule has 1 amide bonds. The number of carbonyl (C=O) groups is 1. The van der Waals surface area contributed by atoms with Gasteiger partial charge >= 0.3 is 0 Å². The van der Waals surface area contributed by atoms with E-state index in [2.05, 4.69) is 5.32 Å². The third-order valence-corrected chi connectivity index (χ3v) is 7.79. The van der Waals surface area contributed by atoms with E-state index in [0.717, 1.165) is 56.4 Å². The van der Waals surface area contributed by atoms with Gasteiger partial charge in [0.15, 0.2) is 0 Å². The molecule has 0 aromatic heterocycles. The van der Waals surface area contributed by atoms with Crippen LogP contribution in [0.25, 0.3) is 0 Å². The number of hydrogen-bond donors (Lipinski definition) is 1. The molecule has 1 aromatic rings. The largest absolute Gasteiger partial charge is 0.354 e. The summed E-state index contributed by atoms with van der Waals surface area (Å²) in [7, 11) is -3.39. The Morgan fingerprint density at radius 3 is 2.23 bits per heavy atom. The van der Waals surface area contributed by atoms with E-state index in [1.807, 2.05) is 30.3 Å². The van der Waals surface area contributed by atoms with Gasteiger partial charge in [-0.25, -0.2) is 8.42 Å². The maximum Gasteiger partial charge on any atom is 0.227 e. The van der Waals surface area contributed by atoms with Gasteiger partial charge in [0, 0.05) is 19.1 Å². The van der Waals surface area contributed by atoms with Crippen molar-refractivity contribution in [3.05, 3.63) is 56.7 Å². The minimum Gasteiger partial charge on any atom is -0.354 e. The summed E-state index contributed by atoms with van der Waals surface area (Å²) in [6.45, 7) is 0.961. The Morgan fingerprint density at radius 1 is 0.933 bits per heavy atom. The second kappa shape index (κ2) is 13.1. The summed E-state index contributed by atoms with van der Waals surface area (Å²) in [5.74, 6) is 1.05. The van der Waals surface area contributed by atoms with Crippen molar-refractivity contribution in [2.45, 2.75) is 76.0 Å². The number of nitrogens with one attached hydrogen (secondary N) is 1. The molecule has 1 aliphatic carbocycles. The Hall–Kier alpha value is -1.40. The van der Waals surface area contributed by atoms with Crippen LogP contribution in [0, 0.1) is 20.8 Å². The molecule has 0 spiro atoms. The summed E-state index contributed by atoms with van der Waals surface area (Å²) in [6, 6.07) is 9.19. The van der Waals surface area contributed by atoms with Gasteiger partial charge in [0.2, 0.25) is 15.9 Å². The highest BCUT2D eigenvalue weighted by molar-refractivity contribution is 7.88.